The second-order valence-corrected chi connectivity index (χ2v) is 7.51. The summed E-state index contributed by atoms with van der Waals surface area (Å²) in [5.41, 5.74) is 3.17. The van der Waals surface area contributed by atoms with Gasteiger partial charge in [0, 0.05) is 12.1 Å². The molecule has 0 aliphatic rings. The van der Waals surface area contributed by atoms with Crippen molar-refractivity contribution in [3.8, 4) is 23.0 Å². The highest BCUT2D eigenvalue weighted by Gasteiger charge is 2.13. The lowest BCUT2D eigenvalue weighted by atomic mass is 10.2. The number of methoxy groups -OCH3 is 1. The molecule has 0 spiro atoms. The largest absolute Gasteiger partial charge is 0.494 e. The van der Waals surface area contributed by atoms with E-state index in [9.17, 15) is 19.7 Å². The highest BCUT2D eigenvalue weighted by Crippen LogP contribution is 2.28. The summed E-state index contributed by atoms with van der Waals surface area (Å²) in [5, 5.41) is 14.5. The molecule has 3 aromatic carbocycles. The first-order valence-corrected chi connectivity index (χ1v) is 11.2. The van der Waals surface area contributed by atoms with Crippen molar-refractivity contribution in [2.24, 2.45) is 5.10 Å². The van der Waals surface area contributed by atoms with Gasteiger partial charge < -0.3 is 18.9 Å². The normalized spacial score (nSPS) is 10.5. The van der Waals surface area contributed by atoms with Gasteiger partial charge in [0.25, 0.3) is 11.6 Å². The summed E-state index contributed by atoms with van der Waals surface area (Å²) in [4.78, 5) is 34.6. The number of carbonyl (C=O) groups excluding carboxylic acids is 2. The maximum Gasteiger partial charge on any atom is 0.343 e. The number of nitrogens with zero attached hydrogens (tertiary/aromatic N) is 2. The molecule has 11 heteroatoms. The zero-order valence-corrected chi connectivity index (χ0v) is 20.2. The summed E-state index contributed by atoms with van der Waals surface area (Å²) >= 11 is 0. The Morgan fingerprint density at radius 2 is 1.65 bits per heavy atom. The summed E-state index contributed by atoms with van der Waals surface area (Å²) in [6.45, 7) is 2.27. The van der Waals surface area contributed by atoms with Gasteiger partial charge in [-0.3, -0.25) is 14.9 Å². The molecular weight excluding hydrogens is 482 g/mol. The molecule has 1 amide bonds. The average Bonchev–Trinajstić information content (AvgIpc) is 2.91. The van der Waals surface area contributed by atoms with Gasteiger partial charge in [-0.25, -0.2) is 10.2 Å². The van der Waals surface area contributed by atoms with Crippen molar-refractivity contribution >= 4 is 23.8 Å². The van der Waals surface area contributed by atoms with Crippen LogP contribution in [0.15, 0.2) is 71.8 Å². The van der Waals surface area contributed by atoms with Crippen LogP contribution in [0.4, 0.5) is 5.69 Å². The van der Waals surface area contributed by atoms with Gasteiger partial charge in [0.15, 0.2) is 18.1 Å². The van der Waals surface area contributed by atoms with Crippen LogP contribution in [-0.2, 0) is 4.79 Å². The zero-order chi connectivity index (χ0) is 26.6. The summed E-state index contributed by atoms with van der Waals surface area (Å²) in [7, 11) is 1.44. The van der Waals surface area contributed by atoms with Gasteiger partial charge in [-0.15, -0.1) is 0 Å². The van der Waals surface area contributed by atoms with E-state index in [2.05, 4.69) is 10.5 Å². The average molecular weight is 507 g/mol. The van der Waals surface area contributed by atoms with Gasteiger partial charge in [0.05, 0.1) is 30.4 Å². The number of esters is 1. The van der Waals surface area contributed by atoms with E-state index >= 15 is 0 Å². The number of rotatable bonds is 12. The Morgan fingerprint density at radius 3 is 2.30 bits per heavy atom. The number of ether oxygens (including phenoxy) is 4. The minimum atomic E-state index is -0.554. The van der Waals surface area contributed by atoms with Crippen LogP contribution in [0.25, 0.3) is 0 Å². The van der Waals surface area contributed by atoms with Crippen molar-refractivity contribution in [1.29, 1.82) is 0 Å². The highest BCUT2D eigenvalue weighted by atomic mass is 16.6. The number of benzene rings is 3. The smallest absolute Gasteiger partial charge is 0.343 e. The molecule has 0 saturated carbocycles. The van der Waals surface area contributed by atoms with Crippen LogP contribution >= 0.6 is 0 Å². The first-order chi connectivity index (χ1) is 17.9. The zero-order valence-electron chi connectivity index (χ0n) is 20.2. The van der Waals surface area contributed by atoms with Gasteiger partial charge in [0.2, 0.25) is 0 Å². The number of amides is 1. The highest BCUT2D eigenvalue weighted by molar-refractivity contribution is 5.92. The lowest BCUT2D eigenvalue weighted by Gasteiger charge is -2.10. The van der Waals surface area contributed by atoms with Gasteiger partial charge in [-0.05, 0) is 66.6 Å². The van der Waals surface area contributed by atoms with E-state index in [4.69, 9.17) is 18.9 Å². The van der Waals surface area contributed by atoms with Crippen LogP contribution in [0.2, 0.25) is 0 Å². The van der Waals surface area contributed by atoms with Crippen molar-refractivity contribution in [2.45, 2.75) is 13.3 Å². The fourth-order valence-electron chi connectivity index (χ4n) is 2.94. The Hall–Kier alpha value is -4.93. The molecule has 0 fully saturated rings. The summed E-state index contributed by atoms with van der Waals surface area (Å²) in [6.07, 6.45) is 2.27. The predicted molar refractivity (Wildman–Crippen MR) is 135 cm³/mol. The molecule has 3 rings (SSSR count). The Kier molecular flexibility index (Phi) is 9.54. The molecule has 0 saturated heterocycles. The lowest BCUT2D eigenvalue weighted by Crippen LogP contribution is -2.24. The monoisotopic (exact) mass is 507 g/mol. The number of hydrogen-bond donors (Lipinski definition) is 1. The number of non-ortho nitro benzene ring substituents is 1. The second kappa shape index (κ2) is 13.2. The Balaban J connectivity index is 1.52. The molecular formula is C26H25N3O8. The fourth-order valence-corrected chi connectivity index (χ4v) is 2.94. The number of nitrogens with one attached hydrogen (secondary N) is 1. The number of hydrazone groups is 1. The maximum atomic E-state index is 12.5. The van der Waals surface area contributed by atoms with Gasteiger partial charge in [-0.2, -0.15) is 5.10 Å². The van der Waals surface area contributed by atoms with E-state index in [1.54, 1.807) is 42.5 Å². The van der Waals surface area contributed by atoms with Crippen LogP contribution in [0.1, 0.15) is 29.3 Å². The standard InChI is InChI=1S/C26H25N3O8/c1-3-14-35-21-9-5-19(6-10-21)26(31)37-23-13-4-18(15-24(23)34-2)16-27-28-25(30)17-36-22-11-7-20(8-12-22)29(32)33/h4-13,15-16H,3,14,17H2,1-2H3,(H,28,30)/b27-16+. The number of hydrogen-bond acceptors (Lipinski definition) is 9. The molecule has 0 aliphatic heterocycles. The Morgan fingerprint density at radius 1 is 0.973 bits per heavy atom. The van der Waals surface area contributed by atoms with E-state index in [0.29, 0.717) is 35.0 Å². The first-order valence-electron chi connectivity index (χ1n) is 11.2. The van der Waals surface area contributed by atoms with Crippen molar-refractivity contribution in [1.82, 2.24) is 5.43 Å². The van der Waals surface area contributed by atoms with Crippen LogP contribution in [0, 0.1) is 10.1 Å². The second-order valence-electron chi connectivity index (χ2n) is 7.51. The minimum absolute atomic E-state index is 0.0795. The quantitative estimate of drug-likeness (QED) is 0.127. The van der Waals surface area contributed by atoms with Gasteiger partial charge in [0.1, 0.15) is 11.5 Å². The van der Waals surface area contributed by atoms with Gasteiger partial charge in [-0.1, -0.05) is 6.92 Å². The molecule has 37 heavy (non-hydrogen) atoms. The summed E-state index contributed by atoms with van der Waals surface area (Å²) in [5.74, 6) is 0.412. The SMILES string of the molecule is CCCOc1ccc(C(=O)Oc2ccc(/C=N/NC(=O)COc3ccc([N+](=O)[O-])cc3)cc2OC)cc1. The van der Waals surface area contributed by atoms with Crippen molar-refractivity contribution in [2.75, 3.05) is 20.3 Å². The van der Waals surface area contributed by atoms with Crippen molar-refractivity contribution in [3.63, 3.8) is 0 Å². The molecule has 0 radical (unpaired) electrons. The molecule has 192 valence electrons. The molecule has 0 aromatic heterocycles. The van der Waals surface area contributed by atoms with Crippen molar-refractivity contribution < 1.29 is 33.5 Å². The van der Waals surface area contributed by atoms with E-state index in [-0.39, 0.29) is 18.0 Å². The van der Waals surface area contributed by atoms with E-state index in [1.165, 1.54) is 37.6 Å². The number of nitro benzene ring substituents is 1. The van der Waals surface area contributed by atoms with Gasteiger partial charge >= 0.3 is 5.97 Å². The lowest BCUT2D eigenvalue weighted by molar-refractivity contribution is -0.384. The van der Waals surface area contributed by atoms with Crippen LogP contribution in [0.3, 0.4) is 0 Å². The molecule has 1 N–H and O–H groups in total. The third kappa shape index (κ3) is 8.06. The first kappa shape index (κ1) is 26.7. The van der Waals surface area contributed by atoms with Crippen LogP contribution in [0.5, 0.6) is 23.0 Å². The van der Waals surface area contributed by atoms with E-state index < -0.39 is 16.8 Å². The topological polar surface area (TPSA) is 139 Å². The van der Waals surface area contributed by atoms with Crippen molar-refractivity contribution in [3.05, 3.63) is 88.0 Å². The Labute approximate surface area is 212 Å². The van der Waals surface area contributed by atoms with Crippen LogP contribution in [-0.4, -0.2) is 43.3 Å². The number of nitro groups is 1. The molecule has 11 nitrogen and oxygen atoms in total. The molecule has 3 aromatic rings. The molecule has 0 heterocycles. The molecule has 0 bridgehead atoms. The predicted octanol–water partition coefficient (Wildman–Crippen LogP) is 4.14. The van der Waals surface area contributed by atoms with Crippen LogP contribution < -0.4 is 24.4 Å². The third-order valence-electron chi connectivity index (χ3n) is 4.77. The molecule has 0 aliphatic carbocycles. The number of carbonyl (C=O) groups is 2. The Bertz CT molecular complexity index is 1260. The maximum absolute atomic E-state index is 12.5. The summed E-state index contributed by atoms with van der Waals surface area (Å²) in [6, 6.07) is 16.8. The van der Waals surface area contributed by atoms with E-state index in [0.717, 1.165) is 6.42 Å². The van der Waals surface area contributed by atoms with E-state index in [1.807, 2.05) is 6.92 Å². The summed E-state index contributed by atoms with van der Waals surface area (Å²) < 4.78 is 21.6. The minimum Gasteiger partial charge on any atom is -0.494 e. The fraction of sp³-hybridized carbons (Fsp3) is 0.192. The third-order valence-corrected chi connectivity index (χ3v) is 4.77. The molecule has 0 unspecified atom stereocenters. The molecule has 0 atom stereocenters.